The van der Waals surface area contributed by atoms with E-state index in [1.54, 1.807) is 6.92 Å². The van der Waals surface area contributed by atoms with Gasteiger partial charge in [-0.3, -0.25) is 10.1 Å². The van der Waals surface area contributed by atoms with E-state index in [2.05, 4.69) is 15.3 Å². The van der Waals surface area contributed by atoms with Gasteiger partial charge in [-0.05, 0) is 12.8 Å². The van der Waals surface area contributed by atoms with Crippen LogP contribution in [0.25, 0.3) is 0 Å². The molecule has 0 saturated heterocycles. The summed E-state index contributed by atoms with van der Waals surface area (Å²) in [5, 5.41) is 14.2. The zero-order valence-electron chi connectivity index (χ0n) is 12.2. The van der Waals surface area contributed by atoms with E-state index in [1.165, 1.54) is 7.11 Å². The summed E-state index contributed by atoms with van der Waals surface area (Å²) in [6.45, 7) is 6.75. The van der Waals surface area contributed by atoms with E-state index < -0.39 is 4.92 Å². The summed E-state index contributed by atoms with van der Waals surface area (Å²) in [4.78, 5) is 18.8. The molecule has 1 aromatic rings. The van der Waals surface area contributed by atoms with Crippen molar-refractivity contribution in [3.8, 4) is 5.88 Å². The number of ether oxygens (including phenoxy) is 2. The van der Waals surface area contributed by atoms with Gasteiger partial charge in [0.15, 0.2) is 5.82 Å². The van der Waals surface area contributed by atoms with E-state index in [0.29, 0.717) is 18.3 Å². The van der Waals surface area contributed by atoms with Crippen molar-refractivity contribution in [3.05, 3.63) is 15.9 Å². The Morgan fingerprint density at radius 2 is 2.10 bits per heavy atom. The topological polar surface area (TPSA) is 99.4 Å². The van der Waals surface area contributed by atoms with Gasteiger partial charge in [-0.15, -0.1) is 0 Å². The zero-order valence-corrected chi connectivity index (χ0v) is 12.2. The highest BCUT2D eigenvalue weighted by molar-refractivity contribution is 5.61. The molecule has 0 bridgehead atoms. The third kappa shape index (κ3) is 4.30. The first kappa shape index (κ1) is 16.1. The van der Waals surface area contributed by atoms with Crippen LogP contribution < -0.4 is 10.1 Å². The first-order valence-electron chi connectivity index (χ1n) is 6.40. The van der Waals surface area contributed by atoms with Crippen LogP contribution in [-0.4, -0.2) is 35.2 Å². The molecule has 1 aromatic heterocycles. The number of hydrogen-bond donors (Lipinski definition) is 1. The fourth-order valence-electron chi connectivity index (χ4n) is 1.50. The fraction of sp³-hybridized carbons (Fsp3) is 0.667. The van der Waals surface area contributed by atoms with Gasteiger partial charge in [0.05, 0.1) is 11.5 Å². The second-order valence-corrected chi connectivity index (χ2v) is 4.54. The molecule has 0 aromatic carbocycles. The monoisotopic (exact) mass is 284 g/mol. The molecule has 20 heavy (non-hydrogen) atoms. The normalized spacial score (nSPS) is 10.7. The van der Waals surface area contributed by atoms with Crippen molar-refractivity contribution in [1.82, 2.24) is 9.97 Å². The van der Waals surface area contributed by atoms with Gasteiger partial charge in [-0.25, -0.2) is 4.98 Å². The molecule has 112 valence electrons. The Kier molecular flexibility index (Phi) is 6.10. The molecule has 8 nitrogen and oxygen atoms in total. The summed E-state index contributed by atoms with van der Waals surface area (Å²) >= 11 is 0. The molecule has 0 aliphatic heterocycles. The second kappa shape index (κ2) is 7.59. The third-order valence-electron chi connectivity index (χ3n) is 2.31. The summed E-state index contributed by atoms with van der Waals surface area (Å²) < 4.78 is 10.2. The van der Waals surface area contributed by atoms with Crippen LogP contribution in [0.4, 0.5) is 11.5 Å². The molecule has 0 spiro atoms. The number of aromatic nitrogens is 2. The van der Waals surface area contributed by atoms with Crippen LogP contribution in [0.15, 0.2) is 0 Å². The van der Waals surface area contributed by atoms with Crippen molar-refractivity contribution in [1.29, 1.82) is 0 Å². The van der Waals surface area contributed by atoms with Crippen LogP contribution in [0.5, 0.6) is 5.88 Å². The number of hydrogen-bond acceptors (Lipinski definition) is 7. The van der Waals surface area contributed by atoms with Crippen LogP contribution in [-0.2, 0) is 11.3 Å². The summed E-state index contributed by atoms with van der Waals surface area (Å²) in [5.74, 6) is 0.791. The molecular formula is C12H20N4O4. The first-order chi connectivity index (χ1) is 9.49. The summed E-state index contributed by atoms with van der Waals surface area (Å²) in [5.41, 5.74) is -0.243. The Balaban J connectivity index is 3.22. The van der Waals surface area contributed by atoms with Crippen molar-refractivity contribution in [2.45, 2.75) is 27.4 Å². The average Bonchev–Trinajstić information content (AvgIpc) is 2.36. The van der Waals surface area contributed by atoms with Gasteiger partial charge in [0, 0.05) is 13.7 Å². The largest absolute Gasteiger partial charge is 0.473 e. The van der Waals surface area contributed by atoms with Crippen LogP contribution in [0, 0.1) is 16.0 Å². The van der Waals surface area contributed by atoms with Gasteiger partial charge in [0.2, 0.25) is 5.82 Å². The lowest BCUT2D eigenvalue weighted by atomic mass is 10.2. The Morgan fingerprint density at radius 3 is 2.60 bits per heavy atom. The summed E-state index contributed by atoms with van der Waals surface area (Å²) in [7, 11) is 1.51. The molecule has 0 atom stereocenters. The van der Waals surface area contributed by atoms with Crippen LogP contribution in [0.2, 0.25) is 0 Å². The van der Waals surface area contributed by atoms with E-state index in [9.17, 15) is 10.1 Å². The molecule has 8 heteroatoms. The number of nitro groups is 1. The molecule has 0 saturated carbocycles. The van der Waals surface area contributed by atoms with Gasteiger partial charge in [0.25, 0.3) is 5.88 Å². The minimum Gasteiger partial charge on any atom is -0.473 e. The highest BCUT2D eigenvalue weighted by Gasteiger charge is 2.26. The molecule has 0 fully saturated rings. The number of rotatable bonds is 8. The maximum atomic E-state index is 11.2. The maximum absolute atomic E-state index is 11.2. The van der Waals surface area contributed by atoms with Gasteiger partial charge >= 0.3 is 5.69 Å². The van der Waals surface area contributed by atoms with E-state index >= 15 is 0 Å². The third-order valence-corrected chi connectivity index (χ3v) is 2.31. The van der Waals surface area contributed by atoms with E-state index in [0.717, 1.165) is 0 Å². The number of anilines is 1. The van der Waals surface area contributed by atoms with Crippen molar-refractivity contribution in [2.24, 2.45) is 5.92 Å². The Labute approximate surface area is 117 Å². The lowest BCUT2D eigenvalue weighted by Gasteiger charge is -2.12. The SMILES string of the molecule is CCOc1nc(COC)nc(NCC(C)C)c1[N+](=O)[O-]. The minimum atomic E-state index is -0.537. The zero-order chi connectivity index (χ0) is 15.1. The van der Waals surface area contributed by atoms with Gasteiger partial charge in [0.1, 0.15) is 6.61 Å². The van der Waals surface area contributed by atoms with Crippen molar-refractivity contribution >= 4 is 11.5 Å². The van der Waals surface area contributed by atoms with Crippen LogP contribution in [0.3, 0.4) is 0 Å². The molecule has 0 radical (unpaired) electrons. The van der Waals surface area contributed by atoms with E-state index in [4.69, 9.17) is 9.47 Å². The van der Waals surface area contributed by atoms with Crippen molar-refractivity contribution < 1.29 is 14.4 Å². The highest BCUT2D eigenvalue weighted by Crippen LogP contribution is 2.32. The Hall–Kier alpha value is -1.96. The summed E-state index contributed by atoms with van der Waals surface area (Å²) in [6, 6.07) is 0. The van der Waals surface area contributed by atoms with Gasteiger partial charge < -0.3 is 14.8 Å². The summed E-state index contributed by atoms with van der Waals surface area (Å²) in [6.07, 6.45) is 0. The minimum absolute atomic E-state index is 0.0363. The molecule has 0 aliphatic carbocycles. The van der Waals surface area contributed by atoms with Crippen molar-refractivity contribution in [2.75, 3.05) is 25.6 Å². The molecule has 0 aliphatic rings. The number of nitrogens with one attached hydrogen (secondary N) is 1. The van der Waals surface area contributed by atoms with E-state index in [1.807, 2.05) is 13.8 Å². The van der Waals surface area contributed by atoms with Crippen LogP contribution in [0.1, 0.15) is 26.6 Å². The predicted octanol–water partition coefficient (Wildman–Crippen LogP) is 2.00. The smallest absolute Gasteiger partial charge is 0.372 e. The second-order valence-electron chi connectivity index (χ2n) is 4.54. The quantitative estimate of drug-likeness (QED) is 0.575. The molecule has 1 heterocycles. The molecule has 1 rings (SSSR count). The van der Waals surface area contributed by atoms with Gasteiger partial charge in [-0.2, -0.15) is 4.98 Å². The lowest BCUT2D eigenvalue weighted by molar-refractivity contribution is -0.385. The predicted molar refractivity (Wildman–Crippen MR) is 73.9 cm³/mol. The first-order valence-corrected chi connectivity index (χ1v) is 6.40. The lowest BCUT2D eigenvalue weighted by Crippen LogP contribution is -2.14. The molecular weight excluding hydrogens is 264 g/mol. The Morgan fingerprint density at radius 1 is 1.40 bits per heavy atom. The average molecular weight is 284 g/mol. The number of methoxy groups -OCH3 is 1. The van der Waals surface area contributed by atoms with E-state index in [-0.39, 0.29) is 30.6 Å². The number of nitrogens with zero attached hydrogens (tertiary/aromatic N) is 3. The van der Waals surface area contributed by atoms with Crippen molar-refractivity contribution in [3.63, 3.8) is 0 Å². The molecule has 1 N–H and O–H groups in total. The Bertz CT molecular complexity index is 465. The van der Waals surface area contributed by atoms with Gasteiger partial charge in [-0.1, -0.05) is 13.8 Å². The highest BCUT2D eigenvalue weighted by atomic mass is 16.6. The molecule has 0 amide bonds. The molecule has 0 unspecified atom stereocenters. The standard InChI is InChI=1S/C12H20N4O4/c1-5-20-12-10(16(17)18)11(13-6-8(2)3)14-9(15-12)7-19-4/h8H,5-7H2,1-4H3,(H,13,14,15). The maximum Gasteiger partial charge on any atom is 0.372 e. The van der Waals surface area contributed by atoms with Crippen LogP contribution >= 0.6 is 0 Å². The fourth-order valence-corrected chi connectivity index (χ4v) is 1.50.